The van der Waals surface area contributed by atoms with Crippen LogP contribution >= 0.6 is 11.8 Å². The maximum atomic E-state index is 5.94. The first-order valence-electron chi connectivity index (χ1n) is 7.42. The summed E-state index contributed by atoms with van der Waals surface area (Å²) in [5.74, 6) is 1.63. The molecule has 1 aliphatic heterocycles. The number of ether oxygens (including phenoxy) is 1. The Kier molecular flexibility index (Phi) is 4.32. The number of thioether (sulfide) groups is 1. The predicted molar refractivity (Wildman–Crippen MR) is 91.0 cm³/mol. The van der Waals surface area contributed by atoms with Crippen LogP contribution in [0.1, 0.15) is 25.1 Å². The van der Waals surface area contributed by atoms with E-state index in [4.69, 9.17) is 14.7 Å². The molecule has 114 valence electrons. The lowest BCUT2D eigenvalue weighted by molar-refractivity contribution is -0.0428. The van der Waals surface area contributed by atoms with Gasteiger partial charge in [0.15, 0.2) is 5.82 Å². The average Bonchev–Trinajstić information content (AvgIpc) is 2.52. The van der Waals surface area contributed by atoms with Crippen molar-refractivity contribution in [1.29, 1.82) is 0 Å². The SMILES string of the molecule is C=CCSc1nc(-c2ccccc2)nc2c1COC(C)(C)C2. The lowest BCUT2D eigenvalue weighted by Gasteiger charge is -2.32. The summed E-state index contributed by atoms with van der Waals surface area (Å²) in [4.78, 5) is 9.58. The molecule has 0 saturated heterocycles. The smallest absolute Gasteiger partial charge is 0.160 e. The van der Waals surface area contributed by atoms with Crippen molar-refractivity contribution < 1.29 is 4.74 Å². The summed E-state index contributed by atoms with van der Waals surface area (Å²) in [6, 6.07) is 10.1. The molecule has 0 amide bonds. The van der Waals surface area contributed by atoms with Gasteiger partial charge in [0.2, 0.25) is 0 Å². The Labute approximate surface area is 135 Å². The van der Waals surface area contributed by atoms with E-state index in [0.717, 1.165) is 39.8 Å². The van der Waals surface area contributed by atoms with E-state index < -0.39 is 0 Å². The van der Waals surface area contributed by atoms with Gasteiger partial charge in [0.25, 0.3) is 0 Å². The lowest BCUT2D eigenvalue weighted by atomic mass is 9.96. The maximum absolute atomic E-state index is 5.94. The van der Waals surface area contributed by atoms with Gasteiger partial charge >= 0.3 is 0 Å². The average molecular weight is 312 g/mol. The number of rotatable bonds is 4. The molecule has 1 aromatic carbocycles. The molecule has 0 bridgehead atoms. The molecule has 4 heteroatoms. The van der Waals surface area contributed by atoms with Gasteiger partial charge in [-0.05, 0) is 13.8 Å². The highest BCUT2D eigenvalue weighted by Gasteiger charge is 2.29. The van der Waals surface area contributed by atoms with E-state index in [1.54, 1.807) is 11.8 Å². The second kappa shape index (κ2) is 6.23. The largest absolute Gasteiger partial charge is 0.370 e. The Morgan fingerprint density at radius 2 is 2.05 bits per heavy atom. The van der Waals surface area contributed by atoms with Gasteiger partial charge in [0.1, 0.15) is 5.03 Å². The highest BCUT2D eigenvalue weighted by atomic mass is 32.2. The Hall–Kier alpha value is -1.65. The van der Waals surface area contributed by atoms with Gasteiger partial charge in [0, 0.05) is 23.3 Å². The predicted octanol–water partition coefficient (Wildman–Crippen LogP) is 4.27. The molecule has 2 aromatic rings. The van der Waals surface area contributed by atoms with Crippen LogP contribution in [0.2, 0.25) is 0 Å². The third-order valence-corrected chi connectivity index (χ3v) is 4.64. The normalized spacial score (nSPS) is 16.1. The summed E-state index contributed by atoms with van der Waals surface area (Å²) in [5, 5.41) is 1.01. The molecular formula is C18H20N2OS. The molecule has 3 rings (SSSR count). The molecule has 3 nitrogen and oxygen atoms in total. The zero-order valence-electron chi connectivity index (χ0n) is 13.0. The Morgan fingerprint density at radius 3 is 2.77 bits per heavy atom. The first-order chi connectivity index (χ1) is 10.6. The minimum absolute atomic E-state index is 0.171. The molecule has 0 saturated carbocycles. The van der Waals surface area contributed by atoms with Gasteiger partial charge in [-0.25, -0.2) is 9.97 Å². The van der Waals surface area contributed by atoms with Crippen molar-refractivity contribution in [2.24, 2.45) is 0 Å². The summed E-state index contributed by atoms with van der Waals surface area (Å²) in [6.45, 7) is 8.59. The Balaban J connectivity index is 2.07. The molecule has 0 aliphatic carbocycles. The molecule has 0 radical (unpaired) electrons. The Bertz CT molecular complexity index is 683. The van der Waals surface area contributed by atoms with Crippen molar-refractivity contribution in [3.8, 4) is 11.4 Å². The summed E-state index contributed by atoms with van der Waals surface area (Å²) in [7, 11) is 0. The fourth-order valence-corrected chi connectivity index (χ4v) is 3.27. The van der Waals surface area contributed by atoms with Crippen molar-refractivity contribution in [2.75, 3.05) is 5.75 Å². The second-order valence-corrected chi connectivity index (χ2v) is 6.98. The van der Waals surface area contributed by atoms with Gasteiger partial charge in [-0.3, -0.25) is 0 Å². The van der Waals surface area contributed by atoms with E-state index in [0.29, 0.717) is 6.61 Å². The van der Waals surface area contributed by atoms with Gasteiger partial charge in [0.05, 0.1) is 17.9 Å². The van der Waals surface area contributed by atoms with Gasteiger partial charge in [-0.2, -0.15) is 0 Å². The van der Waals surface area contributed by atoms with Crippen molar-refractivity contribution in [3.05, 3.63) is 54.2 Å². The molecule has 22 heavy (non-hydrogen) atoms. The lowest BCUT2D eigenvalue weighted by Crippen LogP contribution is -2.33. The summed E-state index contributed by atoms with van der Waals surface area (Å²) in [6.07, 6.45) is 2.71. The molecule has 0 unspecified atom stereocenters. The minimum atomic E-state index is -0.171. The van der Waals surface area contributed by atoms with E-state index in [9.17, 15) is 0 Å². The topological polar surface area (TPSA) is 35.0 Å². The van der Waals surface area contributed by atoms with Crippen LogP contribution in [0.3, 0.4) is 0 Å². The van der Waals surface area contributed by atoms with Crippen LogP contribution in [0, 0.1) is 0 Å². The van der Waals surface area contributed by atoms with Gasteiger partial charge < -0.3 is 4.74 Å². The second-order valence-electron chi connectivity index (χ2n) is 5.97. The molecule has 0 N–H and O–H groups in total. The van der Waals surface area contributed by atoms with E-state index in [1.165, 1.54) is 0 Å². The molecule has 1 aromatic heterocycles. The zero-order valence-corrected chi connectivity index (χ0v) is 13.8. The highest BCUT2D eigenvalue weighted by molar-refractivity contribution is 7.99. The first-order valence-corrected chi connectivity index (χ1v) is 8.40. The third kappa shape index (κ3) is 3.23. The number of fused-ring (bicyclic) bond motifs is 1. The molecule has 0 fully saturated rings. The van der Waals surface area contributed by atoms with E-state index >= 15 is 0 Å². The fraction of sp³-hybridized carbons (Fsp3) is 0.333. The number of benzene rings is 1. The standard InChI is InChI=1S/C18H20N2OS/c1-4-10-22-17-14-12-21-18(2,3)11-15(14)19-16(20-17)13-8-6-5-7-9-13/h4-9H,1,10-12H2,2-3H3. The van der Waals surface area contributed by atoms with Crippen LogP contribution in [0.25, 0.3) is 11.4 Å². The van der Waals surface area contributed by atoms with Crippen molar-refractivity contribution in [1.82, 2.24) is 9.97 Å². The van der Waals surface area contributed by atoms with Crippen LogP contribution in [-0.2, 0) is 17.8 Å². The molecular weight excluding hydrogens is 292 g/mol. The number of aromatic nitrogens is 2. The van der Waals surface area contributed by atoms with E-state index in [2.05, 4.69) is 20.4 Å². The van der Waals surface area contributed by atoms with Gasteiger partial charge in [-0.1, -0.05) is 36.4 Å². The maximum Gasteiger partial charge on any atom is 0.160 e. The van der Waals surface area contributed by atoms with Crippen LogP contribution < -0.4 is 0 Å². The summed E-state index contributed by atoms with van der Waals surface area (Å²) in [5.41, 5.74) is 3.12. The van der Waals surface area contributed by atoms with Crippen LogP contribution in [0.5, 0.6) is 0 Å². The first kappa shape index (κ1) is 15.3. The number of hydrogen-bond acceptors (Lipinski definition) is 4. The quantitative estimate of drug-likeness (QED) is 0.480. The van der Waals surface area contributed by atoms with Crippen LogP contribution in [-0.4, -0.2) is 21.3 Å². The van der Waals surface area contributed by atoms with Crippen molar-refractivity contribution in [3.63, 3.8) is 0 Å². The van der Waals surface area contributed by atoms with Crippen LogP contribution in [0.4, 0.5) is 0 Å². The molecule has 2 heterocycles. The molecule has 1 aliphatic rings. The fourth-order valence-electron chi connectivity index (χ4n) is 2.49. The summed E-state index contributed by atoms with van der Waals surface area (Å²) >= 11 is 1.69. The van der Waals surface area contributed by atoms with E-state index in [-0.39, 0.29) is 5.60 Å². The molecule has 0 atom stereocenters. The van der Waals surface area contributed by atoms with Crippen molar-refractivity contribution >= 4 is 11.8 Å². The monoisotopic (exact) mass is 312 g/mol. The minimum Gasteiger partial charge on any atom is -0.370 e. The molecule has 0 spiro atoms. The zero-order chi connectivity index (χ0) is 15.6. The highest BCUT2D eigenvalue weighted by Crippen LogP contribution is 2.33. The number of hydrogen-bond donors (Lipinski definition) is 0. The van der Waals surface area contributed by atoms with E-state index in [1.807, 2.05) is 36.4 Å². The summed E-state index contributed by atoms with van der Waals surface area (Å²) < 4.78 is 5.94. The van der Waals surface area contributed by atoms with Gasteiger partial charge in [-0.15, -0.1) is 18.3 Å². The van der Waals surface area contributed by atoms with Crippen molar-refractivity contribution in [2.45, 2.75) is 37.5 Å². The number of nitrogens with zero attached hydrogens (tertiary/aromatic N) is 2. The van der Waals surface area contributed by atoms with Crippen LogP contribution in [0.15, 0.2) is 48.0 Å². The Morgan fingerprint density at radius 1 is 1.27 bits per heavy atom. The third-order valence-electron chi connectivity index (χ3n) is 3.63.